The summed E-state index contributed by atoms with van der Waals surface area (Å²) in [5, 5.41) is 10.1. The maximum absolute atomic E-state index is 13.6. The van der Waals surface area contributed by atoms with Crippen LogP contribution in [-0.2, 0) is 4.74 Å². The number of aliphatic hydroxyl groups excluding tert-OH is 1. The predicted molar refractivity (Wildman–Crippen MR) is 79.2 cm³/mol. The summed E-state index contributed by atoms with van der Waals surface area (Å²) in [7, 11) is 1.68. The van der Waals surface area contributed by atoms with Crippen molar-refractivity contribution in [2.45, 2.75) is 38.8 Å². The first kappa shape index (κ1) is 17.1. The first-order valence-electron chi connectivity index (χ1n) is 7.25. The lowest BCUT2D eigenvalue weighted by Gasteiger charge is -2.29. The Morgan fingerprint density at radius 1 is 1.30 bits per heavy atom. The second kappa shape index (κ2) is 9.06. The fourth-order valence-electron chi connectivity index (χ4n) is 2.21. The van der Waals surface area contributed by atoms with E-state index >= 15 is 0 Å². The van der Waals surface area contributed by atoms with Gasteiger partial charge >= 0.3 is 0 Å². The molecule has 0 spiro atoms. The Kier molecular flexibility index (Phi) is 7.73. The Morgan fingerprint density at radius 3 is 2.60 bits per heavy atom. The Bertz CT molecular complexity index is 386. The first-order chi connectivity index (χ1) is 9.60. The average Bonchev–Trinajstić information content (AvgIpc) is 2.46. The summed E-state index contributed by atoms with van der Waals surface area (Å²) < 4.78 is 18.7. The van der Waals surface area contributed by atoms with Gasteiger partial charge in [0.25, 0.3) is 0 Å². The summed E-state index contributed by atoms with van der Waals surface area (Å²) in [5.41, 5.74) is 0.378. The van der Waals surface area contributed by atoms with Crippen molar-refractivity contribution in [3.05, 3.63) is 35.6 Å². The van der Waals surface area contributed by atoms with Crippen molar-refractivity contribution < 1.29 is 14.2 Å². The minimum absolute atomic E-state index is 0.341. The van der Waals surface area contributed by atoms with Crippen molar-refractivity contribution in [2.24, 2.45) is 0 Å². The molecule has 0 aromatic heterocycles. The van der Waals surface area contributed by atoms with Crippen LogP contribution in [-0.4, -0.2) is 42.9 Å². The molecule has 3 nitrogen and oxygen atoms in total. The van der Waals surface area contributed by atoms with E-state index in [2.05, 4.69) is 18.7 Å². The van der Waals surface area contributed by atoms with Gasteiger partial charge in [0.1, 0.15) is 5.82 Å². The van der Waals surface area contributed by atoms with Gasteiger partial charge in [0, 0.05) is 31.8 Å². The SMILES string of the molecule is CCC(C)N(CCOC)CCC(O)c1ccccc1F. The molecule has 0 radical (unpaired) electrons. The van der Waals surface area contributed by atoms with Crippen LogP contribution in [0.15, 0.2) is 24.3 Å². The van der Waals surface area contributed by atoms with Gasteiger partial charge in [-0.2, -0.15) is 0 Å². The fourth-order valence-corrected chi connectivity index (χ4v) is 2.21. The Balaban J connectivity index is 2.55. The lowest BCUT2D eigenvalue weighted by atomic mass is 10.1. The molecule has 0 fully saturated rings. The van der Waals surface area contributed by atoms with Crippen LogP contribution in [0.5, 0.6) is 0 Å². The monoisotopic (exact) mass is 283 g/mol. The summed E-state index contributed by atoms with van der Waals surface area (Å²) >= 11 is 0. The maximum Gasteiger partial charge on any atom is 0.128 e. The van der Waals surface area contributed by atoms with Crippen LogP contribution in [0.25, 0.3) is 0 Å². The van der Waals surface area contributed by atoms with Crippen molar-refractivity contribution in [3.8, 4) is 0 Å². The zero-order valence-electron chi connectivity index (χ0n) is 12.7. The number of halogens is 1. The quantitative estimate of drug-likeness (QED) is 0.756. The van der Waals surface area contributed by atoms with Crippen molar-refractivity contribution >= 4 is 0 Å². The third-order valence-corrected chi connectivity index (χ3v) is 3.75. The van der Waals surface area contributed by atoms with Gasteiger partial charge in [-0.25, -0.2) is 4.39 Å². The minimum atomic E-state index is -0.759. The molecular formula is C16H26FNO2. The van der Waals surface area contributed by atoms with Crippen LogP contribution >= 0.6 is 0 Å². The summed E-state index contributed by atoms with van der Waals surface area (Å²) in [5.74, 6) is -0.341. The van der Waals surface area contributed by atoms with E-state index in [4.69, 9.17) is 4.74 Å². The highest BCUT2D eigenvalue weighted by molar-refractivity contribution is 5.19. The van der Waals surface area contributed by atoms with E-state index in [0.29, 0.717) is 24.6 Å². The molecule has 2 unspecified atom stereocenters. The normalized spacial score (nSPS) is 14.5. The van der Waals surface area contributed by atoms with Crippen LogP contribution in [0.1, 0.15) is 38.4 Å². The number of methoxy groups -OCH3 is 1. The molecule has 0 aliphatic rings. The average molecular weight is 283 g/mol. The molecule has 20 heavy (non-hydrogen) atoms. The van der Waals surface area contributed by atoms with Crippen molar-refractivity contribution in [2.75, 3.05) is 26.8 Å². The predicted octanol–water partition coefficient (Wildman–Crippen LogP) is 3.00. The van der Waals surface area contributed by atoms with Gasteiger partial charge in [0.05, 0.1) is 12.7 Å². The number of nitrogens with zero attached hydrogens (tertiary/aromatic N) is 1. The molecule has 1 aromatic carbocycles. The number of rotatable bonds is 9. The topological polar surface area (TPSA) is 32.7 Å². The molecule has 1 aromatic rings. The van der Waals surface area contributed by atoms with E-state index in [9.17, 15) is 9.50 Å². The van der Waals surface area contributed by atoms with Gasteiger partial charge in [-0.15, -0.1) is 0 Å². The summed E-state index contributed by atoms with van der Waals surface area (Å²) in [6, 6.07) is 6.84. The van der Waals surface area contributed by atoms with Crippen LogP contribution in [0.2, 0.25) is 0 Å². The summed E-state index contributed by atoms with van der Waals surface area (Å²) in [6.07, 6.45) is 0.805. The van der Waals surface area contributed by atoms with Gasteiger partial charge in [-0.05, 0) is 25.8 Å². The Labute approximate surface area is 121 Å². The molecule has 4 heteroatoms. The van der Waals surface area contributed by atoms with Gasteiger partial charge < -0.3 is 9.84 Å². The molecule has 114 valence electrons. The number of ether oxygens (including phenoxy) is 1. The zero-order chi connectivity index (χ0) is 15.0. The van der Waals surface area contributed by atoms with E-state index < -0.39 is 6.10 Å². The van der Waals surface area contributed by atoms with Crippen molar-refractivity contribution in [3.63, 3.8) is 0 Å². The summed E-state index contributed by atoms with van der Waals surface area (Å²) in [4.78, 5) is 2.27. The molecule has 2 atom stereocenters. The van der Waals surface area contributed by atoms with Gasteiger partial charge in [0.15, 0.2) is 0 Å². The first-order valence-corrected chi connectivity index (χ1v) is 7.25. The standard InChI is InChI=1S/C16H26FNO2/c1-4-13(2)18(11-12-20-3)10-9-16(19)14-7-5-6-8-15(14)17/h5-8,13,16,19H,4,9-12H2,1-3H3. The van der Waals surface area contributed by atoms with E-state index in [1.807, 2.05) is 0 Å². The Morgan fingerprint density at radius 2 is 2.00 bits per heavy atom. The molecular weight excluding hydrogens is 257 g/mol. The second-order valence-electron chi connectivity index (χ2n) is 5.11. The molecule has 0 aliphatic carbocycles. The molecule has 0 saturated carbocycles. The van der Waals surface area contributed by atoms with Crippen LogP contribution in [0, 0.1) is 5.82 Å². The highest BCUT2D eigenvalue weighted by Crippen LogP contribution is 2.20. The lowest BCUT2D eigenvalue weighted by Crippen LogP contribution is -2.36. The highest BCUT2D eigenvalue weighted by atomic mass is 19.1. The van der Waals surface area contributed by atoms with Gasteiger partial charge in [-0.1, -0.05) is 25.1 Å². The fraction of sp³-hybridized carbons (Fsp3) is 0.625. The number of hydrogen-bond donors (Lipinski definition) is 1. The summed E-state index contributed by atoms with van der Waals surface area (Å²) in [6.45, 7) is 6.52. The molecule has 0 amide bonds. The maximum atomic E-state index is 13.6. The number of benzene rings is 1. The lowest BCUT2D eigenvalue weighted by molar-refractivity contribution is 0.0954. The Hall–Kier alpha value is -0.970. The second-order valence-corrected chi connectivity index (χ2v) is 5.11. The van der Waals surface area contributed by atoms with Crippen LogP contribution in [0.3, 0.4) is 0 Å². The molecule has 1 rings (SSSR count). The molecule has 0 heterocycles. The molecule has 0 saturated heterocycles. The molecule has 0 aliphatic heterocycles. The molecule has 0 bridgehead atoms. The number of aliphatic hydroxyl groups is 1. The van der Waals surface area contributed by atoms with Gasteiger partial charge in [0.2, 0.25) is 0 Å². The van der Waals surface area contributed by atoms with Crippen molar-refractivity contribution in [1.29, 1.82) is 0 Å². The smallest absolute Gasteiger partial charge is 0.128 e. The van der Waals surface area contributed by atoms with E-state index in [-0.39, 0.29) is 5.82 Å². The minimum Gasteiger partial charge on any atom is -0.388 e. The van der Waals surface area contributed by atoms with E-state index in [1.54, 1.807) is 25.3 Å². The zero-order valence-corrected chi connectivity index (χ0v) is 12.7. The van der Waals surface area contributed by atoms with Gasteiger partial charge in [-0.3, -0.25) is 4.90 Å². The number of hydrogen-bond acceptors (Lipinski definition) is 3. The largest absolute Gasteiger partial charge is 0.388 e. The third kappa shape index (κ3) is 5.19. The highest BCUT2D eigenvalue weighted by Gasteiger charge is 2.16. The van der Waals surface area contributed by atoms with E-state index in [1.165, 1.54) is 6.07 Å². The van der Waals surface area contributed by atoms with Crippen LogP contribution in [0.4, 0.5) is 4.39 Å². The van der Waals surface area contributed by atoms with E-state index in [0.717, 1.165) is 19.5 Å². The van der Waals surface area contributed by atoms with Crippen molar-refractivity contribution in [1.82, 2.24) is 4.90 Å². The van der Waals surface area contributed by atoms with Crippen LogP contribution < -0.4 is 0 Å². The third-order valence-electron chi connectivity index (χ3n) is 3.75. The molecule has 1 N–H and O–H groups in total.